The molecule has 2 aliphatic rings. The standard InChI is InChI=1S/C25H32BNO5/c1-6-12-29-13-14-30-21-9-7-8-20(17-21)27-22-16-19(11-10-18(22)15-23(27)28)26-31-24(2,3)25(4,5)32-26/h7-11,16-17H,6,12-15H2,1-5H3. The Bertz CT molecular complexity index is 974. The largest absolute Gasteiger partial charge is 0.494 e. The van der Waals surface area contributed by atoms with Crippen molar-refractivity contribution in [2.75, 3.05) is 24.7 Å². The molecule has 0 unspecified atom stereocenters. The van der Waals surface area contributed by atoms with E-state index in [9.17, 15) is 4.79 Å². The molecule has 1 saturated heterocycles. The number of nitrogens with zero attached hydrogens (tertiary/aromatic N) is 1. The van der Waals surface area contributed by atoms with Crippen LogP contribution in [0, 0.1) is 0 Å². The number of anilines is 2. The summed E-state index contributed by atoms with van der Waals surface area (Å²) in [7, 11) is -0.472. The van der Waals surface area contributed by atoms with Gasteiger partial charge in [0.15, 0.2) is 0 Å². The Hall–Kier alpha value is -2.35. The summed E-state index contributed by atoms with van der Waals surface area (Å²) in [6, 6.07) is 13.6. The van der Waals surface area contributed by atoms with E-state index in [4.69, 9.17) is 18.8 Å². The highest BCUT2D eigenvalue weighted by Gasteiger charge is 2.52. The number of hydrogen-bond donors (Lipinski definition) is 0. The summed E-state index contributed by atoms with van der Waals surface area (Å²) in [5.41, 5.74) is 2.71. The van der Waals surface area contributed by atoms with Gasteiger partial charge in [-0.05, 0) is 63.3 Å². The predicted octanol–water partition coefficient (Wildman–Crippen LogP) is 4.01. The monoisotopic (exact) mass is 437 g/mol. The lowest BCUT2D eigenvalue weighted by molar-refractivity contribution is -0.116. The van der Waals surface area contributed by atoms with E-state index < -0.39 is 18.3 Å². The van der Waals surface area contributed by atoms with Crippen LogP contribution >= 0.6 is 0 Å². The minimum Gasteiger partial charge on any atom is -0.491 e. The summed E-state index contributed by atoms with van der Waals surface area (Å²) in [6.45, 7) is 12.0. The van der Waals surface area contributed by atoms with Gasteiger partial charge in [-0.2, -0.15) is 0 Å². The fourth-order valence-corrected chi connectivity index (χ4v) is 3.90. The highest BCUT2D eigenvalue weighted by atomic mass is 16.7. The average molecular weight is 437 g/mol. The van der Waals surface area contributed by atoms with Gasteiger partial charge in [0, 0.05) is 12.7 Å². The molecule has 2 aromatic rings. The Balaban J connectivity index is 1.55. The predicted molar refractivity (Wildman–Crippen MR) is 126 cm³/mol. The molecule has 1 amide bonds. The molecule has 1 fully saturated rings. The van der Waals surface area contributed by atoms with Crippen LogP contribution in [0.3, 0.4) is 0 Å². The van der Waals surface area contributed by atoms with Crippen molar-refractivity contribution in [3.63, 3.8) is 0 Å². The van der Waals surface area contributed by atoms with Crippen LogP contribution < -0.4 is 15.1 Å². The molecule has 0 radical (unpaired) electrons. The maximum absolute atomic E-state index is 12.9. The molecule has 6 nitrogen and oxygen atoms in total. The first kappa shape index (κ1) is 22.8. The van der Waals surface area contributed by atoms with Gasteiger partial charge >= 0.3 is 7.12 Å². The van der Waals surface area contributed by atoms with Crippen molar-refractivity contribution >= 4 is 29.9 Å². The number of ether oxygens (including phenoxy) is 2. The van der Waals surface area contributed by atoms with E-state index in [-0.39, 0.29) is 5.91 Å². The topological polar surface area (TPSA) is 57.2 Å². The lowest BCUT2D eigenvalue weighted by Crippen LogP contribution is -2.41. The molecule has 2 aliphatic heterocycles. The Morgan fingerprint density at radius 1 is 1.00 bits per heavy atom. The Morgan fingerprint density at radius 3 is 2.47 bits per heavy atom. The summed E-state index contributed by atoms with van der Waals surface area (Å²) in [5.74, 6) is 0.750. The first-order valence-electron chi connectivity index (χ1n) is 11.3. The van der Waals surface area contributed by atoms with Gasteiger partial charge < -0.3 is 18.8 Å². The molecule has 0 spiro atoms. The summed E-state index contributed by atoms with van der Waals surface area (Å²) < 4.78 is 23.7. The molecule has 170 valence electrons. The van der Waals surface area contributed by atoms with Gasteiger partial charge in [-0.25, -0.2) is 0 Å². The van der Waals surface area contributed by atoms with E-state index in [0.29, 0.717) is 25.4 Å². The maximum Gasteiger partial charge on any atom is 0.494 e. The van der Waals surface area contributed by atoms with Crippen LogP contribution in [0.1, 0.15) is 46.6 Å². The molecule has 0 bridgehead atoms. The zero-order valence-corrected chi connectivity index (χ0v) is 19.6. The first-order chi connectivity index (χ1) is 15.2. The van der Waals surface area contributed by atoms with Gasteiger partial charge in [0.25, 0.3) is 0 Å². The average Bonchev–Trinajstić information content (AvgIpc) is 3.18. The van der Waals surface area contributed by atoms with Gasteiger partial charge in [-0.3, -0.25) is 9.69 Å². The first-order valence-corrected chi connectivity index (χ1v) is 11.3. The maximum atomic E-state index is 12.9. The number of amides is 1. The van der Waals surface area contributed by atoms with E-state index in [1.54, 1.807) is 4.90 Å². The molecule has 2 heterocycles. The SMILES string of the molecule is CCCOCCOc1cccc(N2C(=O)Cc3ccc(B4OC(C)(C)C(C)(C)O4)cc32)c1. The molecular weight excluding hydrogens is 405 g/mol. The highest BCUT2D eigenvalue weighted by Crippen LogP contribution is 2.39. The van der Waals surface area contributed by atoms with E-state index in [2.05, 4.69) is 6.92 Å². The number of rotatable bonds is 8. The van der Waals surface area contributed by atoms with Gasteiger partial charge in [-0.1, -0.05) is 25.1 Å². The van der Waals surface area contributed by atoms with Crippen LogP contribution in [0.2, 0.25) is 0 Å². The van der Waals surface area contributed by atoms with Crippen LogP contribution in [-0.2, 0) is 25.3 Å². The van der Waals surface area contributed by atoms with Crippen molar-refractivity contribution < 1.29 is 23.6 Å². The smallest absolute Gasteiger partial charge is 0.491 e. The molecule has 0 aliphatic carbocycles. The van der Waals surface area contributed by atoms with Gasteiger partial charge in [0.1, 0.15) is 12.4 Å². The van der Waals surface area contributed by atoms with Crippen molar-refractivity contribution in [1.29, 1.82) is 0 Å². The van der Waals surface area contributed by atoms with Gasteiger partial charge in [0.2, 0.25) is 5.91 Å². The van der Waals surface area contributed by atoms with Crippen LogP contribution in [0.25, 0.3) is 0 Å². The van der Waals surface area contributed by atoms with E-state index in [1.165, 1.54) is 0 Å². The zero-order valence-electron chi connectivity index (χ0n) is 19.6. The molecule has 0 aromatic heterocycles. The second-order valence-electron chi connectivity index (χ2n) is 9.34. The normalized spacial score (nSPS) is 18.8. The van der Waals surface area contributed by atoms with Crippen molar-refractivity contribution in [3.05, 3.63) is 48.0 Å². The fourth-order valence-electron chi connectivity index (χ4n) is 3.90. The van der Waals surface area contributed by atoms with E-state index >= 15 is 0 Å². The lowest BCUT2D eigenvalue weighted by Gasteiger charge is -2.32. The van der Waals surface area contributed by atoms with Gasteiger partial charge in [0.05, 0.1) is 35.6 Å². The third-order valence-electron chi connectivity index (χ3n) is 6.39. The van der Waals surface area contributed by atoms with Crippen molar-refractivity contribution in [2.45, 2.75) is 58.7 Å². The second-order valence-corrected chi connectivity index (χ2v) is 9.34. The fraction of sp³-hybridized carbons (Fsp3) is 0.480. The van der Waals surface area contributed by atoms with Crippen LogP contribution in [-0.4, -0.2) is 44.0 Å². The quantitative estimate of drug-likeness (QED) is 0.462. The van der Waals surface area contributed by atoms with Gasteiger partial charge in [-0.15, -0.1) is 0 Å². The number of carbonyl (C=O) groups is 1. The molecular formula is C25H32BNO5. The molecule has 0 atom stereocenters. The highest BCUT2D eigenvalue weighted by molar-refractivity contribution is 6.62. The minimum absolute atomic E-state index is 0.0366. The summed E-state index contributed by atoms with van der Waals surface area (Å²) in [6.07, 6.45) is 1.36. The van der Waals surface area contributed by atoms with Crippen molar-refractivity contribution in [1.82, 2.24) is 0 Å². The number of hydrogen-bond acceptors (Lipinski definition) is 5. The lowest BCUT2D eigenvalue weighted by atomic mass is 9.78. The summed E-state index contributed by atoms with van der Waals surface area (Å²) in [5, 5.41) is 0. The molecule has 0 N–H and O–H groups in total. The Kier molecular flexibility index (Phi) is 6.34. The van der Waals surface area contributed by atoms with Crippen LogP contribution in [0.15, 0.2) is 42.5 Å². The number of fused-ring (bicyclic) bond motifs is 1. The summed E-state index contributed by atoms with van der Waals surface area (Å²) in [4.78, 5) is 14.7. The van der Waals surface area contributed by atoms with Crippen LogP contribution in [0.5, 0.6) is 5.75 Å². The second kappa shape index (κ2) is 8.89. The molecule has 0 saturated carbocycles. The number of benzene rings is 2. The van der Waals surface area contributed by atoms with E-state index in [1.807, 2.05) is 70.2 Å². The number of carbonyl (C=O) groups excluding carboxylic acids is 1. The molecule has 32 heavy (non-hydrogen) atoms. The summed E-state index contributed by atoms with van der Waals surface area (Å²) >= 11 is 0. The molecule has 7 heteroatoms. The van der Waals surface area contributed by atoms with E-state index in [0.717, 1.165) is 35.4 Å². The molecule has 2 aromatic carbocycles. The van der Waals surface area contributed by atoms with Crippen LogP contribution in [0.4, 0.5) is 11.4 Å². The third-order valence-corrected chi connectivity index (χ3v) is 6.39. The van der Waals surface area contributed by atoms with Crippen molar-refractivity contribution in [3.8, 4) is 5.75 Å². The Morgan fingerprint density at radius 2 is 1.75 bits per heavy atom. The molecule has 4 rings (SSSR count). The Labute approximate surface area is 190 Å². The third kappa shape index (κ3) is 4.42. The minimum atomic E-state index is -0.472. The zero-order chi connectivity index (χ0) is 22.9. The van der Waals surface area contributed by atoms with Crippen molar-refractivity contribution in [2.24, 2.45) is 0 Å².